The van der Waals surface area contributed by atoms with E-state index in [0.29, 0.717) is 61.9 Å². The number of nitrogens with one attached hydrogen (secondary N) is 1. The van der Waals surface area contributed by atoms with Crippen molar-refractivity contribution in [3.8, 4) is 11.9 Å². The molecule has 2 saturated heterocycles. The maximum absolute atomic E-state index is 14.9. The minimum atomic E-state index is -0.521. The normalized spacial score (nSPS) is 22.5. The van der Waals surface area contributed by atoms with Crippen molar-refractivity contribution in [2.45, 2.75) is 57.8 Å². The predicted octanol–water partition coefficient (Wildman–Crippen LogP) is 4.27. The first-order valence-corrected chi connectivity index (χ1v) is 15.1. The SMILES string of the molecule is C=CC(=O)N1[C@H](C)CN(c2c(C#N)c(OCC3CCCN3C)nc3c2CCN(c2c(Cl)c(F)cc4[nH]ncc24)C3)C[C@@H]1C. The minimum absolute atomic E-state index is 0.0395. The van der Waals surface area contributed by atoms with E-state index in [-0.39, 0.29) is 29.1 Å². The highest BCUT2D eigenvalue weighted by Gasteiger charge is 2.37. The summed E-state index contributed by atoms with van der Waals surface area (Å²) < 4.78 is 21.2. The van der Waals surface area contributed by atoms with Gasteiger partial charge in [0, 0.05) is 54.8 Å². The van der Waals surface area contributed by atoms with E-state index < -0.39 is 5.82 Å². The second-order valence-corrected chi connectivity index (χ2v) is 12.2. The molecule has 1 amide bonds. The summed E-state index contributed by atoms with van der Waals surface area (Å²) in [6, 6.07) is 3.83. The number of nitriles is 1. The number of piperazine rings is 1. The summed E-state index contributed by atoms with van der Waals surface area (Å²) in [6.07, 6.45) is 5.71. The molecule has 2 aromatic heterocycles. The molecule has 2 fully saturated rings. The third-order valence-electron chi connectivity index (χ3n) is 9.08. The van der Waals surface area contributed by atoms with Crippen LogP contribution in [0.5, 0.6) is 5.88 Å². The van der Waals surface area contributed by atoms with Crippen LogP contribution in [0.3, 0.4) is 0 Å². The van der Waals surface area contributed by atoms with Crippen molar-refractivity contribution in [3.63, 3.8) is 0 Å². The maximum atomic E-state index is 14.9. The third-order valence-corrected chi connectivity index (χ3v) is 9.44. The molecule has 6 rings (SSSR count). The Hall–Kier alpha value is -3.88. The van der Waals surface area contributed by atoms with E-state index in [1.54, 1.807) is 6.20 Å². The Morgan fingerprint density at radius 2 is 2.05 bits per heavy atom. The Kier molecular flexibility index (Phi) is 7.92. The molecule has 3 atom stereocenters. The Balaban J connectivity index is 1.42. The molecule has 0 aliphatic carbocycles. The number of anilines is 2. The minimum Gasteiger partial charge on any atom is -0.475 e. The molecule has 5 heterocycles. The van der Waals surface area contributed by atoms with Crippen molar-refractivity contribution in [2.24, 2.45) is 0 Å². The number of hydrogen-bond acceptors (Lipinski definition) is 8. The second-order valence-electron chi connectivity index (χ2n) is 11.8. The van der Waals surface area contributed by atoms with Crippen LogP contribution in [0.2, 0.25) is 5.02 Å². The number of pyridine rings is 1. The van der Waals surface area contributed by atoms with Gasteiger partial charge < -0.3 is 24.3 Å². The highest BCUT2D eigenvalue weighted by molar-refractivity contribution is 6.35. The molecule has 1 N–H and O–H groups in total. The van der Waals surface area contributed by atoms with E-state index in [0.717, 1.165) is 41.7 Å². The van der Waals surface area contributed by atoms with Gasteiger partial charge in [-0.1, -0.05) is 18.2 Å². The number of carbonyl (C=O) groups excluding carboxylic acids is 1. The van der Waals surface area contributed by atoms with Crippen molar-refractivity contribution in [2.75, 3.05) is 49.6 Å². The lowest BCUT2D eigenvalue weighted by molar-refractivity contribution is -0.130. The molecule has 3 aliphatic heterocycles. The van der Waals surface area contributed by atoms with E-state index in [9.17, 15) is 14.4 Å². The van der Waals surface area contributed by atoms with Gasteiger partial charge in [-0.2, -0.15) is 10.4 Å². The van der Waals surface area contributed by atoms with Crippen LogP contribution < -0.4 is 14.5 Å². The molecule has 12 heteroatoms. The molecule has 43 heavy (non-hydrogen) atoms. The summed E-state index contributed by atoms with van der Waals surface area (Å²) in [4.78, 5) is 25.9. The van der Waals surface area contributed by atoms with Crippen LogP contribution in [-0.4, -0.2) is 88.8 Å². The predicted molar refractivity (Wildman–Crippen MR) is 164 cm³/mol. The summed E-state index contributed by atoms with van der Waals surface area (Å²) in [5, 5.41) is 18.2. The van der Waals surface area contributed by atoms with Crippen molar-refractivity contribution >= 4 is 39.8 Å². The Morgan fingerprint density at radius 1 is 1.28 bits per heavy atom. The van der Waals surface area contributed by atoms with Crippen molar-refractivity contribution in [1.29, 1.82) is 5.26 Å². The number of nitrogens with zero attached hydrogens (tertiary/aromatic N) is 7. The lowest BCUT2D eigenvalue weighted by Crippen LogP contribution is -2.58. The lowest BCUT2D eigenvalue weighted by atomic mass is 9.96. The first-order valence-electron chi connectivity index (χ1n) is 14.8. The van der Waals surface area contributed by atoms with Crippen molar-refractivity contribution in [1.82, 2.24) is 25.0 Å². The zero-order chi connectivity index (χ0) is 30.4. The molecular weight excluding hydrogens is 571 g/mol. The molecule has 0 radical (unpaired) electrons. The summed E-state index contributed by atoms with van der Waals surface area (Å²) in [5.74, 6) is -0.316. The number of aromatic nitrogens is 3. The summed E-state index contributed by atoms with van der Waals surface area (Å²) in [6.45, 7) is 11.2. The monoisotopic (exact) mass is 606 g/mol. The summed E-state index contributed by atoms with van der Waals surface area (Å²) in [7, 11) is 2.09. The van der Waals surface area contributed by atoms with Gasteiger partial charge in [-0.15, -0.1) is 0 Å². The van der Waals surface area contributed by atoms with Crippen LogP contribution in [-0.2, 0) is 17.8 Å². The van der Waals surface area contributed by atoms with Crippen LogP contribution in [0.1, 0.15) is 43.5 Å². The highest BCUT2D eigenvalue weighted by Crippen LogP contribution is 2.42. The Labute approximate surface area is 255 Å². The van der Waals surface area contributed by atoms with Gasteiger partial charge in [-0.3, -0.25) is 9.89 Å². The first kappa shape index (κ1) is 29.2. The lowest BCUT2D eigenvalue weighted by Gasteiger charge is -2.46. The number of rotatable bonds is 6. The quantitative estimate of drug-likeness (QED) is 0.415. The molecule has 3 aromatic rings. The number of amides is 1. The Bertz CT molecular complexity index is 1610. The number of benzene rings is 1. The smallest absolute Gasteiger partial charge is 0.246 e. The fourth-order valence-corrected chi connectivity index (χ4v) is 7.29. The number of H-pyrrole nitrogens is 1. The fraction of sp³-hybridized carbons (Fsp3) is 0.484. The molecule has 10 nitrogen and oxygen atoms in total. The van der Waals surface area contributed by atoms with E-state index in [4.69, 9.17) is 21.3 Å². The largest absolute Gasteiger partial charge is 0.475 e. The standard InChI is InChI=1S/C31H36ClFN8O2/c1-5-27(42)41-18(2)14-40(15-19(41)3)29-21-8-10-39(30-23-13-35-37-25(23)11-24(33)28(30)32)16-26(21)36-31(22(29)12-34)43-17-20-7-6-9-38(20)4/h5,11,13,18-20H,1,6-10,14-17H2,2-4H3,(H,35,37)/t18-,19+,20?. The number of fused-ring (bicyclic) bond motifs is 2. The van der Waals surface area contributed by atoms with Crippen molar-refractivity contribution < 1.29 is 13.9 Å². The summed E-state index contributed by atoms with van der Waals surface area (Å²) in [5.41, 5.74) is 4.09. The molecule has 3 aliphatic rings. The third kappa shape index (κ3) is 5.17. The van der Waals surface area contributed by atoms with Gasteiger partial charge in [0.25, 0.3) is 0 Å². The van der Waals surface area contributed by atoms with Gasteiger partial charge in [-0.05, 0) is 52.8 Å². The average Bonchev–Trinajstić information content (AvgIpc) is 3.63. The van der Waals surface area contributed by atoms with Crippen LogP contribution in [0.25, 0.3) is 10.9 Å². The molecule has 0 bridgehead atoms. The zero-order valence-corrected chi connectivity index (χ0v) is 25.5. The van der Waals surface area contributed by atoms with Crippen LogP contribution in [0.4, 0.5) is 15.8 Å². The molecule has 1 aromatic carbocycles. The number of likely N-dealkylation sites (N-methyl/N-ethyl adjacent to an activating group) is 1. The summed E-state index contributed by atoms with van der Waals surface area (Å²) >= 11 is 6.54. The average molecular weight is 607 g/mol. The second kappa shape index (κ2) is 11.7. The molecular formula is C31H36ClFN8O2. The topological polar surface area (TPSA) is 105 Å². The van der Waals surface area contributed by atoms with Gasteiger partial charge in [-0.25, -0.2) is 9.37 Å². The van der Waals surface area contributed by atoms with Crippen molar-refractivity contribution in [3.05, 3.63) is 52.6 Å². The molecule has 0 saturated carbocycles. The number of carbonyl (C=O) groups is 1. The maximum Gasteiger partial charge on any atom is 0.246 e. The number of hydrogen-bond donors (Lipinski definition) is 1. The molecule has 1 unspecified atom stereocenters. The number of aromatic amines is 1. The fourth-order valence-electron chi connectivity index (χ4n) is 7.02. The number of ether oxygens (including phenoxy) is 1. The zero-order valence-electron chi connectivity index (χ0n) is 24.7. The van der Waals surface area contributed by atoms with E-state index in [1.165, 1.54) is 12.1 Å². The van der Waals surface area contributed by atoms with Crippen LogP contribution in [0.15, 0.2) is 24.9 Å². The number of likely N-dealkylation sites (tertiary alicyclic amines) is 1. The first-order chi connectivity index (χ1) is 20.7. The van der Waals surface area contributed by atoms with Gasteiger partial charge in [0.05, 0.1) is 35.3 Å². The van der Waals surface area contributed by atoms with Crippen LogP contribution in [0, 0.1) is 17.1 Å². The highest BCUT2D eigenvalue weighted by atomic mass is 35.5. The molecule has 226 valence electrons. The Morgan fingerprint density at radius 3 is 2.72 bits per heavy atom. The number of halogens is 2. The van der Waals surface area contributed by atoms with Gasteiger partial charge in [0.15, 0.2) is 0 Å². The van der Waals surface area contributed by atoms with E-state index in [2.05, 4.69) is 39.7 Å². The van der Waals surface area contributed by atoms with Gasteiger partial charge in [0.1, 0.15) is 29.1 Å². The van der Waals surface area contributed by atoms with E-state index >= 15 is 0 Å². The van der Waals surface area contributed by atoms with Crippen LogP contribution >= 0.6 is 11.6 Å². The van der Waals surface area contributed by atoms with Gasteiger partial charge >= 0.3 is 0 Å². The van der Waals surface area contributed by atoms with Gasteiger partial charge in [0.2, 0.25) is 11.8 Å². The van der Waals surface area contributed by atoms with E-state index in [1.807, 2.05) is 23.6 Å². The molecule has 0 spiro atoms.